The number of carbonyl (C=O) groups is 1. The molecule has 3 aromatic heterocycles. The molecule has 0 atom stereocenters. The third kappa shape index (κ3) is 2.66. The number of nitrogens with one attached hydrogen (secondary N) is 1. The highest BCUT2D eigenvalue weighted by atomic mass is 16.1. The molecule has 31 heavy (non-hydrogen) atoms. The van der Waals surface area contributed by atoms with Gasteiger partial charge in [-0.05, 0) is 56.5 Å². The molecule has 1 fully saturated rings. The van der Waals surface area contributed by atoms with Crippen molar-refractivity contribution in [3.05, 3.63) is 78.1 Å². The maximum absolute atomic E-state index is 13.0. The molecule has 0 radical (unpaired) electrons. The van der Waals surface area contributed by atoms with E-state index in [1.165, 1.54) is 11.3 Å². The first-order valence-electron chi connectivity index (χ1n) is 10.6. The number of hydrogen-bond donors (Lipinski definition) is 1. The van der Waals surface area contributed by atoms with E-state index < -0.39 is 0 Å². The van der Waals surface area contributed by atoms with E-state index in [9.17, 15) is 4.79 Å². The third-order valence-electron chi connectivity index (χ3n) is 6.36. The Morgan fingerprint density at radius 3 is 2.87 bits per heavy atom. The molecule has 6 rings (SSSR count). The van der Waals surface area contributed by atoms with Crippen LogP contribution in [-0.4, -0.2) is 30.0 Å². The number of pyridine rings is 1. The first kappa shape index (κ1) is 18.1. The Kier molecular flexibility index (Phi) is 3.72. The number of amides is 1. The van der Waals surface area contributed by atoms with Crippen molar-refractivity contribution in [1.82, 2.24) is 24.1 Å². The molecular weight excluding hydrogens is 388 g/mol. The zero-order valence-electron chi connectivity index (χ0n) is 17.4. The average Bonchev–Trinajstić information content (AvgIpc) is 3.14. The van der Waals surface area contributed by atoms with Gasteiger partial charge in [0.1, 0.15) is 11.5 Å². The third-order valence-corrected chi connectivity index (χ3v) is 6.36. The van der Waals surface area contributed by atoms with Gasteiger partial charge in [-0.1, -0.05) is 12.1 Å². The second-order valence-electron chi connectivity index (χ2n) is 8.58. The van der Waals surface area contributed by atoms with Crippen molar-refractivity contribution in [2.24, 2.45) is 0 Å². The SMILES string of the molecule is CC(C)n1ccnc1-c1cccc(NC(=O)c2ccc3c(c2)-n2cncc2C32CC2)n1. The summed E-state index contributed by atoms with van der Waals surface area (Å²) in [4.78, 5) is 26.4. The largest absolute Gasteiger partial charge is 0.327 e. The highest BCUT2D eigenvalue weighted by Crippen LogP contribution is 2.59. The monoisotopic (exact) mass is 410 g/mol. The van der Waals surface area contributed by atoms with Gasteiger partial charge < -0.3 is 14.5 Å². The van der Waals surface area contributed by atoms with E-state index in [4.69, 9.17) is 0 Å². The summed E-state index contributed by atoms with van der Waals surface area (Å²) in [6.07, 6.45) is 9.77. The summed E-state index contributed by atoms with van der Waals surface area (Å²) in [5, 5.41) is 2.94. The van der Waals surface area contributed by atoms with Gasteiger partial charge in [0.25, 0.3) is 5.91 Å². The van der Waals surface area contributed by atoms with Crippen molar-refractivity contribution in [2.75, 3.05) is 5.32 Å². The smallest absolute Gasteiger partial charge is 0.256 e. The van der Waals surface area contributed by atoms with Crippen molar-refractivity contribution >= 4 is 11.7 Å². The lowest BCUT2D eigenvalue weighted by atomic mass is 9.94. The summed E-state index contributed by atoms with van der Waals surface area (Å²) >= 11 is 0. The minimum Gasteiger partial charge on any atom is -0.327 e. The minimum absolute atomic E-state index is 0.106. The van der Waals surface area contributed by atoms with Gasteiger partial charge >= 0.3 is 0 Å². The number of fused-ring (bicyclic) bond motifs is 5. The molecule has 2 aliphatic rings. The fraction of sp³-hybridized carbons (Fsp3) is 0.250. The average molecular weight is 410 g/mol. The number of anilines is 1. The summed E-state index contributed by atoms with van der Waals surface area (Å²) in [7, 11) is 0. The molecule has 4 heterocycles. The van der Waals surface area contributed by atoms with E-state index in [0.29, 0.717) is 11.4 Å². The van der Waals surface area contributed by atoms with Crippen LogP contribution in [0.5, 0.6) is 0 Å². The lowest BCUT2D eigenvalue weighted by Gasteiger charge is -2.12. The van der Waals surface area contributed by atoms with E-state index in [-0.39, 0.29) is 17.4 Å². The van der Waals surface area contributed by atoms with Crippen LogP contribution in [0.2, 0.25) is 0 Å². The predicted molar refractivity (Wildman–Crippen MR) is 117 cm³/mol. The standard InChI is InChI=1S/C24H22N6O/c1-15(2)29-11-10-26-22(29)18-4-3-5-21(27-18)28-23(31)16-6-7-17-19(12-16)30-14-25-13-20(30)24(17)8-9-24/h3-7,10-15H,8-9H2,1-2H3,(H,27,28,31). The van der Waals surface area contributed by atoms with Gasteiger partial charge in [0, 0.05) is 35.6 Å². The maximum Gasteiger partial charge on any atom is 0.256 e. The molecule has 1 aliphatic carbocycles. The fourth-order valence-corrected chi connectivity index (χ4v) is 4.65. The number of benzene rings is 1. The molecule has 0 saturated heterocycles. The molecule has 1 spiro atoms. The molecule has 1 N–H and O–H groups in total. The molecule has 0 unspecified atom stereocenters. The number of hydrogen-bond acceptors (Lipinski definition) is 4. The molecule has 1 amide bonds. The van der Waals surface area contributed by atoms with Gasteiger partial charge in [0.2, 0.25) is 0 Å². The first-order valence-corrected chi connectivity index (χ1v) is 10.6. The van der Waals surface area contributed by atoms with Crippen LogP contribution in [0.15, 0.2) is 61.3 Å². The molecule has 0 bridgehead atoms. The van der Waals surface area contributed by atoms with Crippen molar-refractivity contribution < 1.29 is 4.79 Å². The van der Waals surface area contributed by atoms with E-state index in [2.05, 4.69) is 49.3 Å². The van der Waals surface area contributed by atoms with Gasteiger partial charge in [-0.3, -0.25) is 4.79 Å². The highest BCUT2D eigenvalue weighted by Gasteiger charge is 2.53. The topological polar surface area (TPSA) is 77.6 Å². The van der Waals surface area contributed by atoms with Crippen molar-refractivity contribution in [3.63, 3.8) is 0 Å². The summed E-state index contributed by atoms with van der Waals surface area (Å²) < 4.78 is 4.18. The molecule has 1 aromatic carbocycles. The van der Waals surface area contributed by atoms with Crippen LogP contribution < -0.4 is 5.32 Å². The number of nitrogens with zero attached hydrogens (tertiary/aromatic N) is 5. The zero-order chi connectivity index (χ0) is 21.2. The highest BCUT2D eigenvalue weighted by molar-refractivity contribution is 6.04. The van der Waals surface area contributed by atoms with E-state index in [1.54, 1.807) is 12.3 Å². The lowest BCUT2D eigenvalue weighted by molar-refractivity contribution is 0.102. The van der Waals surface area contributed by atoms with E-state index in [1.807, 2.05) is 43.0 Å². The summed E-state index contributed by atoms with van der Waals surface area (Å²) in [5.74, 6) is 1.10. The van der Waals surface area contributed by atoms with E-state index >= 15 is 0 Å². The molecule has 4 aromatic rings. The van der Waals surface area contributed by atoms with Crippen LogP contribution in [0.25, 0.3) is 17.2 Å². The summed E-state index contributed by atoms with van der Waals surface area (Å²) in [6, 6.07) is 11.8. The number of aromatic nitrogens is 5. The predicted octanol–water partition coefficient (Wildman–Crippen LogP) is 4.36. The fourth-order valence-electron chi connectivity index (χ4n) is 4.65. The van der Waals surface area contributed by atoms with E-state index in [0.717, 1.165) is 30.0 Å². The maximum atomic E-state index is 13.0. The molecule has 7 heteroatoms. The Hall–Kier alpha value is -3.74. The van der Waals surface area contributed by atoms with Gasteiger partial charge in [0.05, 0.1) is 17.7 Å². The number of imidazole rings is 2. The van der Waals surface area contributed by atoms with Crippen molar-refractivity contribution in [3.8, 4) is 17.2 Å². The van der Waals surface area contributed by atoms with Crippen LogP contribution >= 0.6 is 0 Å². The van der Waals surface area contributed by atoms with Gasteiger partial charge in [-0.2, -0.15) is 0 Å². The number of rotatable bonds is 4. The second kappa shape index (κ2) is 6.38. The molecular formula is C24H22N6O. The molecule has 1 saturated carbocycles. The Morgan fingerprint density at radius 1 is 1.19 bits per heavy atom. The Bertz CT molecular complexity index is 1330. The second-order valence-corrected chi connectivity index (χ2v) is 8.58. The van der Waals surface area contributed by atoms with Gasteiger partial charge in [-0.25, -0.2) is 15.0 Å². The van der Waals surface area contributed by atoms with Crippen molar-refractivity contribution in [1.29, 1.82) is 0 Å². The molecule has 154 valence electrons. The Morgan fingerprint density at radius 2 is 2.06 bits per heavy atom. The Balaban J connectivity index is 1.30. The molecule has 7 nitrogen and oxygen atoms in total. The first-order chi connectivity index (χ1) is 15.1. The normalized spacial score (nSPS) is 15.2. The zero-order valence-corrected chi connectivity index (χ0v) is 17.4. The van der Waals surface area contributed by atoms with Crippen LogP contribution in [-0.2, 0) is 5.41 Å². The number of carbonyl (C=O) groups excluding carboxylic acids is 1. The summed E-state index contributed by atoms with van der Waals surface area (Å²) in [6.45, 7) is 4.20. The van der Waals surface area contributed by atoms with Crippen LogP contribution in [0.3, 0.4) is 0 Å². The minimum atomic E-state index is -0.182. The van der Waals surface area contributed by atoms with Crippen molar-refractivity contribution in [2.45, 2.75) is 38.1 Å². The van der Waals surface area contributed by atoms with Crippen LogP contribution in [0.4, 0.5) is 5.82 Å². The van der Waals surface area contributed by atoms with Gasteiger partial charge in [-0.15, -0.1) is 0 Å². The Labute approximate surface area is 179 Å². The van der Waals surface area contributed by atoms with Crippen LogP contribution in [0.1, 0.15) is 54.3 Å². The van der Waals surface area contributed by atoms with Crippen LogP contribution in [0, 0.1) is 0 Å². The lowest BCUT2D eigenvalue weighted by Crippen LogP contribution is -2.14. The molecule has 1 aliphatic heterocycles. The summed E-state index contributed by atoms with van der Waals surface area (Å²) in [5.41, 5.74) is 5.02. The van der Waals surface area contributed by atoms with Gasteiger partial charge in [0.15, 0.2) is 5.82 Å². The quantitative estimate of drug-likeness (QED) is 0.542.